The lowest BCUT2D eigenvalue weighted by molar-refractivity contribution is -0.128. The van der Waals surface area contributed by atoms with E-state index in [1.54, 1.807) is 53.8 Å². The van der Waals surface area contributed by atoms with Crippen LogP contribution in [-0.4, -0.2) is 33.9 Å². The second kappa shape index (κ2) is 11.2. The maximum atomic E-state index is 12.5. The molecule has 1 aromatic carbocycles. The van der Waals surface area contributed by atoms with Gasteiger partial charge in [-0.2, -0.15) is 0 Å². The van der Waals surface area contributed by atoms with Gasteiger partial charge in [0, 0.05) is 11.7 Å². The van der Waals surface area contributed by atoms with Gasteiger partial charge in [0.2, 0.25) is 11.8 Å². The zero-order valence-electron chi connectivity index (χ0n) is 16.3. The SMILES string of the molecule is CC(C)N[C@H](C(=O)N[C@@H](C)C(=O)Nc1ccc(COC(=O)I)cc1)C(C)C. The number of nitrogens with one attached hydrogen (secondary N) is 3. The lowest BCUT2D eigenvalue weighted by Gasteiger charge is -2.25. The molecule has 1 aromatic rings. The van der Waals surface area contributed by atoms with E-state index >= 15 is 0 Å². The molecule has 7 nitrogen and oxygen atoms in total. The summed E-state index contributed by atoms with van der Waals surface area (Å²) < 4.78 is 4.53. The Morgan fingerprint density at radius 2 is 1.59 bits per heavy atom. The molecule has 2 amide bonds. The van der Waals surface area contributed by atoms with Crippen LogP contribution in [0, 0.1) is 5.92 Å². The van der Waals surface area contributed by atoms with Crippen LogP contribution in [0.5, 0.6) is 0 Å². The Kier molecular flexibility index (Phi) is 9.71. The van der Waals surface area contributed by atoms with Gasteiger partial charge in [-0.15, -0.1) is 0 Å². The normalized spacial score (nSPS) is 13.2. The molecule has 27 heavy (non-hydrogen) atoms. The lowest BCUT2D eigenvalue weighted by atomic mass is 10.0. The molecule has 8 heteroatoms. The van der Waals surface area contributed by atoms with Crippen LogP contribution < -0.4 is 16.0 Å². The van der Waals surface area contributed by atoms with Crippen molar-refractivity contribution < 1.29 is 19.1 Å². The van der Waals surface area contributed by atoms with Gasteiger partial charge in [-0.1, -0.05) is 39.8 Å². The molecule has 3 N–H and O–H groups in total. The Morgan fingerprint density at radius 1 is 1.00 bits per heavy atom. The van der Waals surface area contributed by atoms with Crippen LogP contribution in [-0.2, 0) is 20.9 Å². The number of hydrogen-bond acceptors (Lipinski definition) is 5. The van der Waals surface area contributed by atoms with E-state index in [9.17, 15) is 14.4 Å². The summed E-state index contributed by atoms with van der Waals surface area (Å²) in [5.74, 6) is -0.397. The van der Waals surface area contributed by atoms with E-state index in [-0.39, 0.29) is 40.4 Å². The van der Waals surface area contributed by atoms with Crippen LogP contribution >= 0.6 is 22.6 Å². The number of ether oxygens (including phenoxy) is 1. The highest BCUT2D eigenvalue weighted by atomic mass is 127. The number of carbonyl (C=O) groups excluding carboxylic acids is 3. The van der Waals surface area contributed by atoms with Gasteiger partial charge in [0.25, 0.3) is 0 Å². The molecule has 150 valence electrons. The van der Waals surface area contributed by atoms with E-state index in [2.05, 4.69) is 16.0 Å². The number of amides is 2. The number of benzene rings is 1. The molecule has 0 bridgehead atoms. The Morgan fingerprint density at radius 3 is 2.07 bits per heavy atom. The van der Waals surface area contributed by atoms with Gasteiger partial charge in [-0.25, -0.2) is 4.79 Å². The molecule has 0 fully saturated rings. The second-order valence-corrected chi connectivity index (χ2v) is 7.87. The fourth-order valence-corrected chi connectivity index (χ4v) is 2.53. The number of hydrogen-bond donors (Lipinski definition) is 3. The summed E-state index contributed by atoms with van der Waals surface area (Å²) in [5.41, 5.74) is 1.42. The van der Waals surface area contributed by atoms with Crippen molar-refractivity contribution >= 4 is 44.1 Å². The zero-order valence-corrected chi connectivity index (χ0v) is 18.5. The topological polar surface area (TPSA) is 96.5 Å². The summed E-state index contributed by atoms with van der Waals surface area (Å²) in [5, 5.41) is 8.74. The first-order chi connectivity index (χ1) is 12.6. The van der Waals surface area contributed by atoms with E-state index in [1.807, 2.05) is 27.7 Å². The van der Waals surface area contributed by atoms with Gasteiger partial charge in [0.1, 0.15) is 12.6 Å². The fraction of sp³-hybridized carbons (Fsp3) is 0.526. The van der Waals surface area contributed by atoms with E-state index in [4.69, 9.17) is 4.74 Å². The largest absolute Gasteiger partial charge is 0.453 e. The first-order valence-corrected chi connectivity index (χ1v) is 9.96. The van der Waals surface area contributed by atoms with E-state index in [0.717, 1.165) is 5.56 Å². The highest BCUT2D eigenvalue weighted by Gasteiger charge is 2.25. The van der Waals surface area contributed by atoms with E-state index in [1.165, 1.54) is 0 Å². The van der Waals surface area contributed by atoms with Crippen molar-refractivity contribution in [3.63, 3.8) is 0 Å². The first kappa shape index (κ1) is 23.4. The predicted octanol–water partition coefficient (Wildman–Crippen LogP) is 3.22. The minimum absolute atomic E-state index is 0.104. The summed E-state index contributed by atoms with van der Waals surface area (Å²) >= 11 is 1.57. The third-order valence-corrected chi connectivity index (χ3v) is 4.10. The standard InChI is InChI=1S/C19H28IN3O4/c1-11(2)16(21-12(3)4)18(25)22-13(5)17(24)23-15-8-6-14(7-9-15)10-27-19(20)26/h6-9,11-13,16,21H,10H2,1-5H3,(H,22,25)(H,23,24)/t13-,16-/m0/s1. The molecule has 0 heterocycles. The molecule has 0 aromatic heterocycles. The average Bonchev–Trinajstić information content (AvgIpc) is 2.58. The van der Waals surface area contributed by atoms with Crippen molar-refractivity contribution in [1.82, 2.24) is 10.6 Å². The molecule has 0 aliphatic heterocycles. The number of halogens is 1. The Labute approximate surface area is 174 Å². The quantitative estimate of drug-likeness (QED) is 0.366. The zero-order chi connectivity index (χ0) is 20.6. The molecule has 0 aliphatic carbocycles. The van der Waals surface area contributed by atoms with Crippen molar-refractivity contribution in [2.75, 3.05) is 5.32 Å². The van der Waals surface area contributed by atoms with Crippen molar-refractivity contribution in [1.29, 1.82) is 0 Å². The van der Waals surface area contributed by atoms with Gasteiger partial charge in [-0.3, -0.25) is 9.59 Å². The van der Waals surface area contributed by atoms with Crippen LogP contribution in [0.1, 0.15) is 40.2 Å². The lowest BCUT2D eigenvalue weighted by Crippen LogP contribution is -2.53. The smallest absolute Gasteiger partial charge is 0.367 e. The molecule has 1 rings (SSSR count). The summed E-state index contributed by atoms with van der Waals surface area (Å²) in [4.78, 5) is 35.6. The van der Waals surface area contributed by atoms with E-state index in [0.29, 0.717) is 5.69 Å². The summed E-state index contributed by atoms with van der Waals surface area (Å²) in [6.45, 7) is 9.70. The maximum absolute atomic E-state index is 12.5. The first-order valence-electron chi connectivity index (χ1n) is 8.88. The van der Waals surface area contributed by atoms with Crippen LogP contribution in [0.25, 0.3) is 0 Å². The van der Waals surface area contributed by atoms with Crippen molar-refractivity contribution in [3.8, 4) is 0 Å². The average molecular weight is 489 g/mol. The van der Waals surface area contributed by atoms with Crippen LogP contribution in [0.4, 0.5) is 10.5 Å². The second-order valence-electron chi connectivity index (χ2n) is 6.99. The molecule has 0 unspecified atom stereocenters. The molecule has 2 atom stereocenters. The summed E-state index contributed by atoms with van der Waals surface area (Å²) in [6.07, 6.45) is 0. The van der Waals surface area contributed by atoms with Gasteiger partial charge >= 0.3 is 3.98 Å². The highest BCUT2D eigenvalue weighted by Crippen LogP contribution is 2.12. The van der Waals surface area contributed by atoms with Crippen molar-refractivity contribution in [2.45, 2.75) is 59.4 Å². The highest BCUT2D eigenvalue weighted by molar-refractivity contribution is 14.1. The Balaban J connectivity index is 2.60. The molecule has 0 saturated heterocycles. The minimum atomic E-state index is -0.674. The molecule has 0 radical (unpaired) electrons. The van der Waals surface area contributed by atoms with Gasteiger partial charge in [0.05, 0.1) is 28.6 Å². The Hall–Kier alpha value is -1.68. The van der Waals surface area contributed by atoms with E-state index < -0.39 is 6.04 Å². The predicted molar refractivity (Wildman–Crippen MR) is 114 cm³/mol. The van der Waals surface area contributed by atoms with Crippen molar-refractivity contribution in [2.24, 2.45) is 5.92 Å². The van der Waals surface area contributed by atoms with Crippen molar-refractivity contribution in [3.05, 3.63) is 29.8 Å². The minimum Gasteiger partial charge on any atom is -0.453 e. The third-order valence-electron chi connectivity index (χ3n) is 3.79. The number of anilines is 1. The Bertz CT molecular complexity index is 647. The fourth-order valence-electron chi connectivity index (χ4n) is 2.37. The van der Waals surface area contributed by atoms with Gasteiger partial charge < -0.3 is 20.7 Å². The molecular formula is C19H28IN3O4. The molecular weight excluding hydrogens is 461 g/mol. The van der Waals surface area contributed by atoms with Crippen LogP contribution in [0.2, 0.25) is 0 Å². The monoisotopic (exact) mass is 489 g/mol. The molecule has 0 aliphatic rings. The summed E-state index contributed by atoms with van der Waals surface area (Å²) in [7, 11) is 0. The maximum Gasteiger partial charge on any atom is 0.367 e. The third kappa shape index (κ3) is 8.70. The van der Waals surface area contributed by atoms with Crippen LogP contribution in [0.15, 0.2) is 24.3 Å². The molecule has 0 saturated carbocycles. The number of rotatable bonds is 9. The number of carbonyl (C=O) groups is 3. The molecule has 0 spiro atoms. The van der Waals surface area contributed by atoms with Gasteiger partial charge in [-0.05, 0) is 30.5 Å². The van der Waals surface area contributed by atoms with Gasteiger partial charge in [0.15, 0.2) is 0 Å². The van der Waals surface area contributed by atoms with Crippen LogP contribution in [0.3, 0.4) is 0 Å². The summed E-state index contributed by atoms with van der Waals surface area (Å²) in [6, 6.07) is 6.10.